The summed E-state index contributed by atoms with van der Waals surface area (Å²) in [4.78, 5) is 28.9. The molecular weight excluding hydrogens is 559 g/mol. The van der Waals surface area contributed by atoms with E-state index < -0.39 is 80.3 Å². The van der Waals surface area contributed by atoms with Crippen molar-refractivity contribution >= 4 is 23.2 Å². The van der Waals surface area contributed by atoms with Crippen molar-refractivity contribution < 1.29 is 59.3 Å². The fourth-order valence-electron chi connectivity index (χ4n) is 4.44. The van der Waals surface area contributed by atoms with Gasteiger partial charge in [-0.2, -0.15) is 39.5 Å². The van der Waals surface area contributed by atoms with E-state index in [0.717, 1.165) is 6.92 Å². The molecule has 1 fully saturated rings. The van der Waals surface area contributed by atoms with Crippen molar-refractivity contribution in [2.75, 3.05) is 6.54 Å². The molecule has 2 heterocycles. The van der Waals surface area contributed by atoms with Crippen molar-refractivity contribution in [3.05, 3.63) is 39.5 Å². The Balaban J connectivity index is 2.42. The Morgan fingerprint density at radius 2 is 1.66 bits per heavy atom. The molecule has 1 atom stereocenters. The van der Waals surface area contributed by atoms with Crippen LogP contribution in [0.15, 0.2) is 12.1 Å². The van der Waals surface area contributed by atoms with Crippen molar-refractivity contribution in [3.8, 4) is 10.4 Å². The summed E-state index contributed by atoms with van der Waals surface area (Å²) in [5.41, 5.74) is -13.0. The van der Waals surface area contributed by atoms with Crippen LogP contribution in [0.5, 0.6) is 0 Å². The van der Waals surface area contributed by atoms with Gasteiger partial charge in [-0.1, -0.05) is 19.1 Å². The van der Waals surface area contributed by atoms with E-state index in [9.17, 15) is 59.3 Å². The molecule has 210 valence electrons. The molecule has 1 aliphatic heterocycles. The van der Waals surface area contributed by atoms with Crippen LogP contribution in [0.25, 0.3) is 10.4 Å². The van der Waals surface area contributed by atoms with Crippen LogP contribution >= 0.6 is 11.3 Å². The zero-order valence-electron chi connectivity index (χ0n) is 19.5. The number of amides is 1. The van der Waals surface area contributed by atoms with Crippen LogP contribution in [0.4, 0.5) is 39.5 Å². The van der Waals surface area contributed by atoms with E-state index in [0.29, 0.717) is 12.8 Å². The minimum absolute atomic E-state index is 0.0529. The Morgan fingerprint density at radius 3 is 2.08 bits per heavy atom. The van der Waals surface area contributed by atoms with Gasteiger partial charge in [-0.15, -0.1) is 11.3 Å². The number of carboxylic acids is 1. The van der Waals surface area contributed by atoms with Crippen molar-refractivity contribution in [2.24, 2.45) is 0 Å². The second-order valence-electron chi connectivity index (χ2n) is 8.56. The minimum Gasteiger partial charge on any atom is -0.476 e. The Kier molecular flexibility index (Phi) is 7.57. The van der Waals surface area contributed by atoms with Crippen LogP contribution in [0.3, 0.4) is 0 Å². The first-order valence-electron chi connectivity index (χ1n) is 10.9. The number of carboxylic acid groups (broad SMARTS) is 1. The lowest BCUT2D eigenvalue weighted by molar-refractivity contribution is -0.376. The molecule has 2 N–H and O–H groups in total. The van der Waals surface area contributed by atoms with Crippen molar-refractivity contribution in [1.82, 2.24) is 9.88 Å². The highest BCUT2D eigenvalue weighted by Gasteiger charge is 2.72. The SMILES string of the molecule is CCc1c(C(O)(C(F)(F)F)C(F)(F)F)ccc(-c2sc(C(=O)O)nc2C(=O)N2CCC[C@@H]2C)c1C(F)(F)F. The summed E-state index contributed by atoms with van der Waals surface area (Å²) in [5, 5.41) is 18.4. The van der Waals surface area contributed by atoms with Gasteiger partial charge in [-0.3, -0.25) is 4.79 Å². The monoisotopic (exact) mass is 578 g/mol. The molecule has 6 nitrogen and oxygen atoms in total. The highest BCUT2D eigenvalue weighted by Crippen LogP contribution is 2.54. The summed E-state index contributed by atoms with van der Waals surface area (Å²) >= 11 is 0.118. The number of alkyl halides is 9. The van der Waals surface area contributed by atoms with Crippen LogP contribution in [0, 0.1) is 0 Å². The number of rotatable bonds is 5. The predicted octanol–water partition coefficient (Wildman–Crippen LogP) is 6.03. The van der Waals surface area contributed by atoms with Crippen molar-refractivity contribution in [3.63, 3.8) is 0 Å². The molecule has 0 saturated carbocycles. The lowest BCUT2D eigenvalue weighted by Crippen LogP contribution is -2.54. The smallest absolute Gasteiger partial charge is 0.430 e. The van der Waals surface area contributed by atoms with E-state index in [4.69, 9.17) is 0 Å². The van der Waals surface area contributed by atoms with Gasteiger partial charge in [0.15, 0.2) is 0 Å². The topological polar surface area (TPSA) is 90.7 Å². The number of benzene rings is 1. The third kappa shape index (κ3) is 4.83. The summed E-state index contributed by atoms with van der Waals surface area (Å²) in [6.45, 7) is 2.67. The largest absolute Gasteiger partial charge is 0.476 e. The number of aromatic nitrogens is 1. The zero-order valence-corrected chi connectivity index (χ0v) is 20.3. The highest BCUT2D eigenvalue weighted by molar-refractivity contribution is 7.17. The number of hydrogen-bond acceptors (Lipinski definition) is 5. The molecule has 0 aliphatic carbocycles. The molecule has 3 rings (SSSR count). The highest BCUT2D eigenvalue weighted by atomic mass is 32.1. The van der Waals surface area contributed by atoms with Crippen LogP contribution in [-0.4, -0.2) is 56.9 Å². The van der Waals surface area contributed by atoms with E-state index >= 15 is 0 Å². The standard InChI is InChI=1S/C22H19F9N2O4S/c1-3-10-12(19(37,21(26,27)28)22(29,30)31)7-6-11(13(10)20(23,24)25)15-14(32-16(38-15)18(35)36)17(34)33-8-4-5-9(33)2/h6-7,9,37H,3-5,8H2,1-2H3,(H,35,36)/t9-/m0/s1. The Hall–Kier alpha value is -2.88. The molecule has 0 unspecified atom stereocenters. The third-order valence-electron chi connectivity index (χ3n) is 6.23. The maximum atomic E-state index is 14.3. The van der Waals surface area contributed by atoms with Crippen molar-refractivity contribution in [1.29, 1.82) is 0 Å². The number of hydrogen-bond donors (Lipinski definition) is 2. The number of aromatic carboxylic acids is 1. The van der Waals surface area contributed by atoms with Gasteiger partial charge in [0.2, 0.25) is 5.01 Å². The number of aliphatic hydroxyl groups is 1. The van der Waals surface area contributed by atoms with E-state index in [2.05, 4.69) is 4.98 Å². The van der Waals surface area contributed by atoms with Crippen LogP contribution < -0.4 is 0 Å². The normalized spacial score (nSPS) is 17.3. The Labute approximate surface area is 212 Å². The van der Waals surface area contributed by atoms with E-state index in [1.54, 1.807) is 6.92 Å². The molecule has 0 spiro atoms. The van der Waals surface area contributed by atoms with Crippen LogP contribution in [0.2, 0.25) is 0 Å². The first-order valence-corrected chi connectivity index (χ1v) is 11.7. The molecule has 1 aromatic heterocycles. The molecule has 38 heavy (non-hydrogen) atoms. The summed E-state index contributed by atoms with van der Waals surface area (Å²) < 4.78 is 124. The molecule has 16 heteroatoms. The van der Waals surface area contributed by atoms with Crippen molar-refractivity contribution in [2.45, 2.75) is 63.3 Å². The molecular formula is C22H19F9N2O4S. The zero-order chi connectivity index (χ0) is 29.0. The second-order valence-corrected chi connectivity index (χ2v) is 9.56. The Bertz CT molecular complexity index is 1240. The van der Waals surface area contributed by atoms with E-state index in [1.807, 2.05) is 0 Å². The number of nitrogens with zero attached hydrogens (tertiary/aromatic N) is 2. The summed E-state index contributed by atoms with van der Waals surface area (Å²) in [5.74, 6) is -2.65. The van der Waals surface area contributed by atoms with Gasteiger partial charge < -0.3 is 15.1 Å². The van der Waals surface area contributed by atoms with Crippen LogP contribution in [-0.2, 0) is 18.2 Å². The lowest BCUT2D eigenvalue weighted by Gasteiger charge is -2.35. The lowest BCUT2D eigenvalue weighted by atomic mass is 9.82. The average molecular weight is 578 g/mol. The van der Waals surface area contributed by atoms with Gasteiger partial charge in [0, 0.05) is 23.7 Å². The maximum absolute atomic E-state index is 14.3. The third-order valence-corrected chi connectivity index (χ3v) is 7.31. The average Bonchev–Trinajstić information content (AvgIpc) is 3.41. The van der Waals surface area contributed by atoms with Gasteiger partial charge in [-0.05, 0) is 31.7 Å². The molecule has 1 aliphatic rings. The van der Waals surface area contributed by atoms with Gasteiger partial charge >= 0.3 is 24.5 Å². The molecule has 0 radical (unpaired) electrons. The fourth-order valence-corrected chi connectivity index (χ4v) is 5.37. The summed E-state index contributed by atoms with van der Waals surface area (Å²) in [7, 11) is 0. The van der Waals surface area contributed by atoms with Gasteiger partial charge in [0.25, 0.3) is 11.5 Å². The quantitative estimate of drug-likeness (QED) is 0.424. The maximum Gasteiger partial charge on any atom is 0.430 e. The fraction of sp³-hybridized carbons (Fsp3) is 0.500. The first kappa shape index (κ1) is 29.7. The van der Waals surface area contributed by atoms with Gasteiger partial charge in [0.1, 0.15) is 5.69 Å². The minimum atomic E-state index is -6.45. The van der Waals surface area contributed by atoms with E-state index in [1.165, 1.54) is 4.90 Å². The second kappa shape index (κ2) is 9.70. The molecule has 0 bridgehead atoms. The summed E-state index contributed by atoms with van der Waals surface area (Å²) in [6, 6.07) is -0.0741. The number of likely N-dealkylation sites (tertiary alicyclic amines) is 1. The Morgan fingerprint density at radius 1 is 1.08 bits per heavy atom. The molecule has 1 amide bonds. The van der Waals surface area contributed by atoms with E-state index in [-0.39, 0.29) is 36.1 Å². The first-order chi connectivity index (χ1) is 17.3. The number of halogens is 9. The predicted molar refractivity (Wildman–Crippen MR) is 115 cm³/mol. The van der Waals surface area contributed by atoms with Gasteiger partial charge in [-0.25, -0.2) is 9.78 Å². The molecule has 1 saturated heterocycles. The van der Waals surface area contributed by atoms with Crippen LogP contribution in [0.1, 0.15) is 63.7 Å². The summed E-state index contributed by atoms with van der Waals surface area (Å²) in [6.07, 6.45) is -18.4. The van der Waals surface area contributed by atoms with Gasteiger partial charge in [0.05, 0.1) is 10.4 Å². The molecule has 2 aromatic rings. The number of carbonyl (C=O) groups is 2. The number of carbonyl (C=O) groups excluding carboxylic acids is 1. The molecule has 1 aromatic carbocycles. The number of thiazole rings is 1.